The minimum atomic E-state index is -3.37. The van der Waals surface area contributed by atoms with Gasteiger partial charge >= 0.3 is 0 Å². The van der Waals surface area contributed by atoms with Gasteiger partial charge in [0.1, 0.15) is 0 Å². The van der Waals surface area contributed by atoms with E-state index in [9.17, 15) is 8.42 Å². The van der Waals surface area contributed by atoms with E-state index in [0.717, 1.165) is 6.42 Å². The number of rotatable bonds is 3. The molecule has 0 aliphatic carbocycles. The molecule has 0 radical (unpaired) electrons. The third-order valence-corrected chi connectivity index (χ3v) is 3.84. The second-order valence-electron chi connectivity index (χ2n) is 3.49. The molecule has 0 spiro atoms. The van der Waals surface area contributed by atoms with Crippen LogP contribution in [0.5, 0.6) is 0 Å². The van der Waals surface area contributed by atoms with Gasteiger partial charge in [-0.3, -0.25) is 0 Å². The first-order valence-electron chi connectivity index (χ1n) is 4.83. The highest BCUT2D eigenvalue weighted by Crippen LogP contribution is 2.11. The Kier molecular flexibility index (Phi) is 3.04. The molecule has 1 atom stereocenters. The van der Waals surface area contributed by atoms with Crippen LogP contribution in [0.25, 0.3) is 0 Å². The van der Waals surface area contributed by atoms with E-state index in [4.69, 9.17) is 4.74 Å². The molecule has 1 aliphatic heterocycles. The molecule has 1 unspecified atom stereocenters. The van der Waals surface area contributed by atoms with Gasteiger partial charge in [-0.15, -0.1) is 0 Å². The van der Waals surface area contributed by atoms with Crippen LogP contribution in [0.15, 0.2) is 35.2 Å². The Hall–Kier alpha value is -0.910. The Bertz CT molecular complexity index is 410. The summed E-state index contributed by atoms with van der Waals surface area (Å²) in [5.41, 5.74) is 0. The van der Waals surface area contributed by atoms with Gasteiger partial charge in [-0.25, -0.2) is 13.1 Å². The van der Waals surface area contributed by atoms with E-state index in [-0.39, 0.29) is 6.04 Å². The molecule has 0 bridgehead atoms. The van der Waals surface area contributed by atoms with Crippen molar-refractivity contribution in [3.63, 3.8) is 0 Å². The first kappa shape index (κ1) is 10.6. The van der Waals surface area contributed by atoms with Crippen LogP contribution in [0.3, 0.4) is 0 Å². The van der Waals surface area contributed by atoms with Crippen LogP contribution < -0.4 is 4.72 Å². The summed E-state index contributed by atoms with van der Waals surface area (Å²) in [6, 6.07) is 8.28. The molecule has 1 aliphatic rings. The van der Waals surface area contributed by atoms with Crippen molar-refractivity contribution in [1.82, 2.24) is 4.72 Å². The third kappa shape index (κ3) is 2.56. The minimum Gasteiger partial charge on any atom is -0.380 e. The van der Waals surface area contributed by atoms with E-state index in [1.165, 1.54) is 0 Å². The quantitative estimate of drug-likeness (QED) is 0.829. The standard InChI is InChI=1S/C10H13NO3S/c12-15(13,10-4-2-1-3-5-10)11-9-6-7-14-8-9/h1-5,9,11H,6-8H2. The van der Waals surface area contributed by atoms with Gasteiger partial charge in [-0.05, 0) is 18.6 Å². The number of sulfonamides is 1. The maximum absolute atomic E-state index is 11.8. The average Bonchev–Trinajstić information content (AvgIpc) is 2.71. The van der Waals surface area contributed by atoms with Crippen molar-refractivity contribution < 1.29 is 13.2 Å². The smallest absolute Gasteiger partial charge is 0.240 e. The van der Waals surface area contributed by atoms with Crippen LogP contribution in [0.1, 0.15) is 6.42 Å². The van der Waals surface area contributed by atoms with E-state index in [2.05, 4.69) is 4.72 Å². The van der Waals surface area contributed by atoms with Crippen molar-refractivity contribution >= 4 is 10.0 Å². The van der Waals surface area contributed by atoms with Gasteiger partial charge in [0, 0.05) is 12.6 Å². The molecule has 1 aromatic carbocycles. The number of hydrogen-bond donors (Lipinski definition) is 1. The summed E-state index contributed by atoms with van der Waals surface area (Å²) in [6.07, 6.45) is 0.742. The largest absolute Gasteiger partial charge is 0.380 e. The van der Waals surface area contributed by atoms with Crippen molar-refractivity contribution in [2.45, 2.75) is 17.4 Å². The first-order chi connectivity index (χ1) is 7.18. The Morgan fingerprint density at radius 2 is 2.00 bits per heavy atom. The topological polar surface area (TPSA) is 55.4 Å². The molecule has 1 heterocycles. The summed E-state index contributed by atoms with van der Waals surface area (Å²) in [7, 11) is -3.37. The van der Waals surface area contributed by atoms with Gasteiger partial charge in [0.2, 0.25) is 10.0 Å². The van der Waals surface area contributed by atoms with Crippen molar-refractivity contribution in [2.24, 2.45) is 0 Å². The summed E-state index contributed by atoms with van der Waals surface area (Å²) >= 11 is 0. The molecule has 4 nitrogen and oxygen atoms in total. The van der Waals surface area contributed by atoms with Crippen LogP contribution in [0.4, 0.5) is 0 Å². The monoisotopic (exact) mass is 227 g/mol. The Labute approximate surface area is 89.3 Å². The predicted molar refractivity (Wildman–Crippen MR) is 56.0 cm³/mol. The van der Waals surface area contributed by atoms with Gasteiger partial charge in [-0.1, -0.05) is 18.2 Å². The van der Waals surface area contributed by atoms with E-state index < -0.39 is 10.0 Å². The summed E-state index contributed by atoms with van der Waals surface area (Å²) in [5, 5.41) is 0. The Morgan fingerprint density at radius 3 is 2.60 bits per heavy atom. The summed E-state index contributed by atoms with van der Waals surface area (Å²) in [6.45, 7) is 1.09. The van der Waals surface area contributed by atoms with Crippen LogP contribution in [0.2, 0.25) is 0 Å². The lowest BCUT2D eigenvalue weighted by atomic mass is 10.3. The highest BCUT2D eigenvalue weighted by atomic mass is 32.2. The highest BCUT2D eigenvalue weighted by molar-refractivity contribution is 7.89. The number of nitrogens with one attached hydrogen (secondary N) is 1. The second-order valence-corrected chi connectivity index (χ2v) is 5.21. The van der Waals surface area contributed by atoms with Crippen molar-refractivity contribution in [3.05, 3.63) is 30.3 Å². The SMILES string of the molecule is O=S(=O)(NC1CCOC1)c1ccccc1. The summed E-state index contributed by atoms with van der Waals surface area (Å²) in [4.78, 5) is 0.303. The number of benzene rings is 1. The fourth-order valence-corrected chi connectivity index (χ4v) is 2.79. The van der Waals surface area contributed by atoms with Crippen LogP contribution >= 0.6 is 0 Å². The predicted octanol–water partition coefficient (Wildman–Crippen LogP) is 0.754. The zero-order valence-electron chi connectivity index (χ0n) is 8.22. The lowest BCUT2D eigenvalue weighted by molar-refractivity contribution is 0.192. The molecular weight excluding hydrogens is 214 g/mol. The maximum Gasteiger partial charge on any atom is 0.240 e. The number of hydrogen-bond acceptors (Lipinski definition) is 3. The average molecular weight is 227 g/mol. The van der Waals surface area contributed by atoms with Crippen molar-refractivity contribution in [2.75, 3.05) is 13.2 Å². The summed E-state index contributed by atoms with van der Waals surface area (Å²) in [5.74, 6) is 0. The van der Waals surface area contributed by atoms with Crippen LogP contribution in [-0.4, -0.2) is 27.7 Å². The molecule has 1 aromatic rings. The zero-order valence-corrected chi connectivity index (χ0v) is 9.03. The molecule has 5 heteroatoms. The highest BCUT2D eigenvalue weighted by Gasteiger charge is 2.22. The van der Waals surface area contributed by atoms with Crippen molar-refractivity contribution in [3.8, 4) is 0 Å². The van der Waals surface area contributed by atoms with E-state index >= 15 is 0 Å². The van der Waals surface area contributed by atoms with Gasteiger partial charge in [-0.2, -0.15) is 0 Å². The third-order valence-electron chi connectivity index (χ3n) is 2.31. The maximum atomic E-state index is 11.8. The lowest BCUT2D eigenvalue weighted by Gasteiger charge is -2.10. The van der Waals surface area contributed by atoms with Crippen LogP contribution in [-0.2, 0) is 14.8 Å². The molecule has 1 N–H and O–H groups in total. The number of ether oxygens (including phenoxy) is 1. The molecule has 1 saturated heterocycles. The van der Waals surface area contributed by atoms with Crippen LogP contribution in [0, 0.1) is 0 Å². The first-order valence-corrected chi connectivity index (χ1v) is 6.32. The molecular formula is C10H13NO3S. The Morgan fingerprint density at radius 1 is 1.27 bits per heavy atom. The molecule has 0 saturated carbocycles. The van der Waals surface area contributed by atoms with E-state index in [1.54, 1.807) is 30.3 Å². The Balaban J connectivity index is 2.13. The second kappa shape index (κ2) is 4.30. The zero-order chi connectivity index (χ0) is 10.7. The van der Waals surface area contributed by atoms with Gasteiger partial charge in [0.15, 0.2) is 0 Å². The van der Waals surface area contributed by atoms with Gasteiger partial charge in [0.25, 0.3) is 0 Å². The summed E-state index contributed by atoms with van der Waals surface area (Å²) < 4.78 is 31.4. The molecule has 15 heavy (non-hydrogen) atoms. The molecule has 1 fully saturated rings. The minimum absolute atomic E-state index is 0.0878. The fourth-order valence-electron chi connectivity index (χ4n) is 1.51. The molecule has 82 valence electrons. The molecule has 0 aromatic heterocycles. The fraction of sp³-hybridized carbons (Fsp3) is 0.400. The normalized spacial score (nSPS) is 21.7. The van der Waals surface area contributed by atoms with Gasteiger partial charge in [0.05, 0.1) is 11.5 Å². The van der Waals surface area contributed by atoms with Gasteiger partial charge < -0.3 is 4.74 Å². The van der Waals surface area contributed by atoms with Crippen molar-refractivity contribution in [1.29, 1.82) is 0 Å². The van der Waals surface area contributed by atoms with E-state index in [1.807, 2.05) is 0 Å². The molecule has 0 amide bonds. The van der Waals surface area contributed by atoms with E-state index in [0.29, 0.717) is 18.1 Å². The molecule has 2 rings (SSSR count). The lowest BCUT2D eigenvalue weighted by Crippen LogP contribution is -2.34.